The van der Waals surface area contributed by atoms with Crippen molar-refractivity contribution in [3.63, 3.8) is 0 Å². The third-order valence-electron chi connectivity index (χ3n) is 2.53. The molecule has 0 aromatic heterocycles. The molecule has 0 fully saturated rings. The van der Waals surface area contributed by atoms with E-state index >= 15 is 0 Å². The molecule has 0 N–H and O–H groups in total. The fraction of sp³-hybridized carbons (Fsp3) is 0.250. The van der Waals surface area contributed by atoms with E-state index in [9.17, 15) is 4.79 Å². The third-order valence-corrected chi connectivity index (χ3v) is 3.25. The Morgan fingerprint density at radius 3 is 2.50 bits per heavy atom. The van der Waals surface area contributed by atoms with Gasteiger partial charge in [-0.1, -0.05) is 52.4 Å². The monoisotopic (exact) mass is 250 g/mol. The molecular formula is C12H11BrO. The first-order valence-electron chi connectivity index (χ1n) is 4.69. The molecular weight excluding hydrogens is 240 g/mol. The number of hydrogen-bond acceptors (Lipinski definition) is 1. The quantitative estimate of drug-likeness (QED) is 0.654. The maximum Gasteiger partial charge on any atom is 0.150 e. The smallest absolute Gasteiger partial charge is 0.150 e. The van der Waals surface area contributed by atoms with Crippen LogP contribution in [0.4, 0.5) is 0 Å². The van der Waals surface area contributed by atoms with Crippen LogP contribution in [0.1, 0.15) is 6.42 Å². The van der Waals surface area contributed by atoms with Gasteiger partial charge in [-0.15, -0.1) is 0 Å². The lowest BCUT2D eigenvalue weighted by atomic mass is 9.97. The SMILES string of the molecule is O=CC1=CC2C=CC=CC(C=C1Br)C2. The van der Waals surface area contributed by atoms with E-state index in [1.165, 1.54) is 0 Å². The molecule has 0 saturated carbocycles. The van der Waals surface area contributed by atoms with Crippen molar-refractivity contribution in [3.05, 3.63) is 46.5 Å². The molecule has 0 aromatic rings. The van der Waals surface area contributed by atoms with E-state index in [2.05, 4.69) is 46.3 Å². The Bertz CT molecular complexity index is 361. The lowest BCUT2D eigenvalue weighted by molar-refractivity contribution is -0.104. The van der Waals surface area contributed by atoms with Gasteiger partial charge in [0.2, 0.25) is 0 Å². The minimum absolute atomic E-state index is 0.376. The summed E-state index contributed by atoms with van der Waals surface area (Å²) in [5, 5.41) is 0. The first kappa shape index (κ1) is 9.66. The Morgan fingerprint density at radius 1 is 1.21 bits per heavy atom. The van der Waals surface area contributed by atoms with Crippen molar-refractivity contribution in [1.82, 2.24) is 0 Å². The summed E-state index contributed by atoms with van der Waals surface area (Å²) in [6, 6.07) is 0. The molecule has 2 aliphatic carbocycles. The second-order valence-electron chi connectivity index (χ2n) is 3.59. The van der Waals surface area contributed by atoms with E-state index in [4.69, 9.17) is 0 Å². The average Bonchev–Trinajstić information content (AvgIpc) is 2.47. The lowest BCUT2D eigenvalue weighted by Gasteiger charge is -2.08. The van der Waals surface area contributed by atoms with E-state index in [1.807, 2.05) is 6.08 Å². The normalized spacial score (nSPS) is 30.1. The summed E-state index contributed by atoms with van der Waals surface area (Å²) in [5.74, 6) is 0.805. The maximum atomic E-state index is 10.8. The number of hydrogen-bond donors (Lipinski definition) is 0. The molecule has 1 nitrogen and oxygen atoms in total. The molecule has 2 rings (SSSR count). The summed E-state index contributed by atoms with van der Waals surface area (Å²) in [5.41, 5.74) is 0.762. The average molecular weight is 251 g/mol. The number of halogens is 1. The minimum atomic E-state index is 0.376. The molecule has 72 valence electrons. The summed E-state index contributed by atoms with van der Waals surface area (Å²) in [7, 11) is 0. The Kier molecular flexibility index (Phi) is 2.82. The zero-order valence-electron chi connectivity index (χ0n) is 7.69. The van der Waals surface area contributed by atoms with E-state index in [0.717, 1.165) is 22.8 Å². The second-order valence-corrected chi connectivity index (χ2v) is 4.44. The van der Waals surface area contributed by atoms with Gasteiger partial charge in [-0.3, -0.25) is 4.79 Å². The first-order valence-corrected chi connectivity index (χ1v) is 5.48. The summed E-state index contributed by atoms with van der Waals surface area (Å²) in [4.78, 5) is 10.8. The van der Waals surface area contributed by atoms with Crippen LogP contribution in [0.2, 0.25) is 0 Å². The molecule has 2 atom stereocenters. The standard InChI is InChI=1S/C12H11BrO/c13-12-7-10-4-2-1-3-9(5-10)6-11(12)8-14/h1-4,6-10H,5H2. The fourth-order valence-corrected chi connectivity index (χ4v) is 2.39. The highest BCUT2D eigenvalue weighted by Crippen LogP contribution is 2.31. The summed E-state index contributed by atoms with van der Waals surface area (Å²) in [6.07, 6.45) is 14.5. The molecule has 0 saturated heterocycles. The van der Waals surface area contributed by atoms with Crippen molar-refractivity contribution in [3.8, 4) is 0 Å². The molecule has 2 heteroatoms. The van der Waals surface area contributed by atoms with Gasteiger partial charge in [-0.25, -0.2) is 0 Å². The summed E-state index contributed by atoms with van der Waals surface area (Å²) >= 11 is 3.43. The molecule has 0 aromatic carbocycles. The largest absolute Gasteiger partial charge is 0.298 e. The highest BCUT2D eigenvalue weighted by Gasteiger charge is 2.17. The Hall–Kier alpha value is -0.890. The van der Waals surface area contributed by atoms with Crippen LogP contribution in [0.5, 0.6) is 0 Å². The van der Waals surface area contributed by atoms with Crippen LogP contribution in [0.3, 0.4) is 0 Å². The van der Waals surface area contributed by atoms with Crippen LogP contribution in [-0.4, -0.2) is 6.29 Å². The number of allylic oxidation sites excluding steroid dienone is 8. The molecule has 0 spiro atoms. The molecule has 2 aliphatic rings. The van der Waals surface area contributed by atoms with Crippen LogP contribution >= 0.6 is 15.9 Å². The van der Waals surface area contributed by atoms with Crippen LogP contribution in [-0.2, 0) is 4.79 Å². The number of aldehydes is 1. The third kappa shape index (κ3) is 1.95. The molecule has 0 amide bonds. The zero-order valence-corrected chi connectivity index (χ0v) is 9.28. The van der Waals surface area contributed by atoms with Crippen LogP contribution in [0.15, 0.2) is 46.5 Å². The molecule has 0 radical (unpaired) electrons. The number of carbonyl (C=O) groups is 1. The predicted octanol–water partition coefficient (Wildman–Crippen LogP) is 3.15. The minimum Gasteiger partial charge on any atom is -0.298 e. The maximum absolute atomic E-state index is 10.8. The van der Waals surface area contributed by atoms with Crippen molar-refractivity contribution in [1.29, 1.82) is 0 Å². The molecule has 2 unspecified atom stereocenters. The van der Waals surface area contributed by atoms with Gasteiger partial charge in [-0.2, -0.15) is 0 Å². The fourth-order valence-electron chi connectivity index (χ4n) is 1.82. The van der Waals surface area contributed by atoms with Crippen molar-refractivity contribution in [2.24, 2.45) is 11.8 Å². The van der Waals surface area contributed by atoms with E-state index < -0.39 is 0 Å². The Labute approximate surface area is 92.0 Å². The van der Waals surface area contributed by atoms with E-state index in [-0.39, 0.29) is 0 Å². The zero-order chi connectivity index (χ0) is 9.97. The van der Waals surface area contributed by atoms with Gasteiger partial charge < -0.3 is 0 Å². The summed E-state index contributed by atoms with van der Waals surface area (Å²) in [6.45, 7) is 0. The predicted molar refractivity (Wildman–Crippen MR) is 61.0 cm³/mol. The molecule has 14 heavy (non-hydrogen) atoms. The van der Waals surface area contributed by atoms with Crippen LogP contribution in [0, 0.1) is 11.8 Å². The van der Waals surface area contributed by atoms with Crippen molar-refractivity contribution in [2.75, 3.05) is 0 Å². The number of fused-ring (bicyclic) bond motifs is 2. The Balaban J connectivity index is 2.40. The summed E-state index contributed by atoms with van der Waals surface area (Å²) < 4.78 is 0.917. The van der Waals surface area contributed by atoms with E-state index in [0.29, 0.717) is 11.8 Å². The van der Waals surface area contributed by atoms with Gasteiger partial charge in [0.05, 0.1) is 0 Å². The van der Waals surface area contributed by atoms with Crippen LogP contribution < -0.4 is 0 Å². The number of carbonyl (C=O) groups excluding carboxylic acids is 1. The van der Waals surface area contributed by atoms with Gasteiger partial charge in [0, 0.05) is 10.1 Å². The second kappa shape index (κ2) is 4.09. The molecule has 0 heterocycles. The van der Waals surface area contributed by atoms with Gasteiger partial charge in [-0.05, 0) is 18.3 Å². The first-order chi connectivity index (χ1) is 6.79. The van der Waals surface area contributed by atoms with Gasteiger partial charge >= 0.3 is 0 Å². The topological polar surface area (TPSA) is 17.1 Å². The van der Waals surface area contributed by atoms with Crippen molar-refractivity contribution < 1.29 is 4.79 Å². The molecule has 2 bridgehead atoms. The van der Waals surface area contributed by atoms with Crippen molar-refractivity contribution in [2.45, 2.75) is 6.42 Å². The molecule has 0 aliphatic heterocycles. The van der Waals surface area contributed by atoms with Gasteiger partial charge in [0.1, 0.15) is 0 Å². The van der Waals surface area contributed by atoms with E-state index in [1.54, 1.807) is 0 Å². The lowest BCUT2D eigenvalue weighted by Crippen LogP contribution is -1.97. The number of rotatable bonds is 1. The highest BCUT2D eigenvalue weighted by molar-refractivity contribution is 9.12. The Morgan fingerprint density at radius 2 is 1.86 bits per heavy atom. The van der Waals surface area contributed by atoms with Gasteiger partial charge in [0.15, 0.2) is 6.29 Å². The van der Waals surface area contributed by atoms with Gasteiger partial charge in [0.25, 0.3) is 0 Å². The highest BCUT2D eigenvalue weighted by atomic mass is 79.9. The van der Waals surface area contributed by atoms with Crippen LogP contribution in [0.25, 0.3) is 0 Å². The van der Waals surface area contributed by atoms with Crippen molar-refractivity contribution >= 4 is 22.2 Å².